The maximum absolute atomic E-state index is 13.4. The third-order valence-corrected chi connectivity index (χ3v) is 7.29. The number of non-ortho nitro benzene ring substituents is 1. The highest BCUT2D eigenvalue weighted by Gasteiger charge is 2.28. The molecule has 10 heteroatoms. The van der Waals surface area contributed by atoms with E-state index in [1.54, 1.807) is 18.2 Å². The third-order valence-electron chi connectivity index (χ3n) is 5.50. The maximum atomic E-state index is 13.4. The number of hydrogen-bond donors (Lipinski definition) is 1. The first kappa shape index (κ1) is 25.7. The van der Waals surface area contributed by atoms with E-state index in [1.165, 1.54) is 30.3 Å². The van der Waals surface area contributed by atoms with Gasteiger partial charge in [-0.3, -0.25) is 19.2 Å². The van der Waals surface area contributed by atoms with Crippen molar-refractivity contribution in [2.75, 3.05) is 28.8 Å². The van der Waals surface area contributed by atoms with Crippen molar-refractivity contribution in [1.29, 1.82) is 0 Å². The van der Waals surface area contributed by atoms with Crippen molar-refractivity contribution in [3.63, 3.8) is 0 Å². The normalized spacial score (nSPS) is 11.0. The van der Waals surface area contributed by atoms with Gasteiger partial charge in [-0.15, -0.1) is 0 Å². The van der Waals surface area contributed by atoms with Gasteiger partial charge < -0.3 is 10.2 Å². The lowest BCUT2D eigenvalue weighted by atomic mass is 10.2. The molecule has 0 atom stereocenters. The third kappa shape index (κ3) is 6.36. The van der Waals surface area contributed by atoms with Crippen LogP contribution in [0.4, 0.5) is 17.1 Å². The fraction of sp³-hybridized carbons (Fsp3) is 0.240. The summed E-state index contributed by atoms with van der Waals surface area (Å²) in [6, 6.07) is 20.6. The second kappa shape index (κ2) is 11.5. The molecule has 0 aromatic heterocycles. The molecular formula is C25H28N4O5S. The Morgan fingerprint density at radius 2 is 1.57 bits per heavy atom. The Kier molecular flexibility index (Phi) is 8.43. The number of nitrogens with zero attached hydrogens (tertiary/aromatic N) is 3. The zero-order valence-electron chi connectivity index (χ0n) is 19.6. The molecule has 0 radical (unpaired) electrons. The first-order chi connectivity index (χ1) is 16.8. The van der Waals surface area contributed by atoms with Crippen LogP contribution in [0.25, 0.3) is 0 Å². The van der Waals surface area contributed by atoms with Crippen LogP contribution in [0.2, 0.25) is 0 Å². The van der Waals surface area contributed by atoms with Crippen LogP contribution in [-0.2, 0) is 21.4 Å². The van der Waals surface area contributed by atoms with Crippen LogP contribution in [0, 0.1) is 10.1 Å². The first-order valence-electron chi connectivity index (χ1n) is 11.2. The summed E-state index contributed by atoms with van der Waals surface area (Å²) in [4.78, 5) is 25.6. The number of sulfonamides is 1. The highest BCUT2D eigenvalue weighted by atomic mass is 32.2. The molecule has 0 saturated carbocycles. The summed E-state index contributed by atoms with van der Waals surface area (Å²) in [5.74, 6) is -0.538. The summed E-state index contributed by atoms with van der Waals surface area (Å²) in [5, 5.41) is 14.0. The molecule has 0 aliphatic carbocycles. The molecule has 184 valence electrons. The number of nitro groups is 1. The van der Waals surface area contributed by atoms with E-state index in [0.717, 1.165) is 34.7 Å². The zero-order chi connectivity index (χ0) is 25.4. The molecule has 3 aromatic rings. The van der Waals surface area contributed by atoms with Gasteiger partial charge in [0.2, 0.25) is 5.91 Å². The smallest absolute Gasteiger partial charge is 0.271 e. The van der Waals surface area contributed by atoms with Gasteiger partial charge in [0, 0.05) is 37.5 Å². The number of amides is 1. The van der Waals surface area contributed by atoms with Crippen molar-refractivity contribution in [1.82, 2.24) is 5.32 Å². The van der Waals surface area contributed by atoms with Crippen molar-refractivity contribution in [2.45, 2.75) is 25.3 Å². The van der Waals surface area contributed by atoms with E-state index in [2.05, 4.69) is 24.1 Å². The van der Waals surface area contributed by atoms with E-state index < -0.39 is 27.4 Å². The minimum Gasteiger partial charge on any atom is -0.372 e. The summed E-state index contributed by atoms with van der Waals surface area (Å²) in [5.41, 5.74) is 1.70. The van der Waals surface area contributed by atoms with Crippen molar-refractivity contribution in [3.8, 4) is 0 Å². The van der Waals surface area contributed by atoms with Crippen LogP contribution in [0.15, 0.2) is 83.8 Å². The van der Waals surface area contributed by atoms with Gasteiger partial charge in [0.25, 0.3) is 15.7 Å². The fourth-order valence-electron chi connectivity index (χ4n) is 3.60. The van der Waals surface area contributed by atoms with Gasteiger partial charge in [-0.2, -0.15) is 0 Å². The lowest BCUT2D eigenvalue weighted by Crippen LogP contribution is -2.40. The quantitative estimate of drug-likeness (QED) is 0.318. The predicted molar refractivity (Wildman–Crippen MR) is 136 cm³/mol. The summed E-state index contributed by atoms with van der Waals surface area (Å²) in [6.07, 6.45) is 0. The number of nitrogens with one attached hydrogen (secondary N) is 1. The highest BCUT2D eigenvalue weighted by molar-refractivity contribution is 7.92. The Morgan fingerprint density at radius 1 is 0.914 bits per heavy atom. The molecule has 3 aromatic carbocycles. The van der Waals surface area contributed by atoms with E-state index in [-0.39, 0.29) is 22.8 Å². The fourth-order valence-corrected chi connectivity index (χ4v) is 5.03. The lowest BCUT2D eigenvalue weighted by Gasteiger charge is -2.24. The number of carbonyl (C=O) groups is 1. The van der Waals surface area contributed by atoms with Gasteiger partial charge >= 0.3 is 0 Å². The summed E-state index contributed by atoms with van der Waals surface area (Å²) < 4.78 is 27.6. The molecule has 0 saturated heterocycles. The van der Waals surface area contributed by atoms with E-state index >= 15 is 0 Å². The standard InChI is InChI=1S/C25H28N4O5S/c1-3-27(4-2)21-15-13-20(14-16-21)18-26-25(30)19-28(22-9-8-10-23(17-22)29(31)32)35(33,34)24-11-6-5-7-12-24/h5-17H,3-4,18-19H2,1-2H3,(H,26,30). The first-order valence-corrected chi connectivity index (χ1v) is 12.6. The SMILES string of the molecule is CCN(CC)c1ccc(CNC(=O)CN(c2cccc([N+](=O)[O-])c2)S(=O)(=O)c2ccccc2)cc1. The number of benzene rings is 3. The van der Waals surface area contributed by atoms with Gasteiger partial charge in [-0.1, -0.05) is 36.4 Å². The average Bonchev–Trinajstić information content (AvgIpc) is 2.88. The van der Waals surface area contributed by atoms with Crippen molar-refractivity contribution in [2.24, 2.45) is 0 Å². The molecule has 0 heterocycles. The van der Waals surface area contributed by atoms with Gasteiger partial charge in [0.15, 0.2) is 0 Å². The van der Waals surface area contributed by atoms with Crippen molar-refractivity contribution < 1.29 is 18.1 Å². The molecule has 35 heavy (non-hydrogen) atoms. The van der Waals surface area contributed by atoms with Gasteiger partial charge in [-0.05, 0) is 49.7 Å². The largest absolute Gasteiger partial charge is 0.372 e. The van der Waals surface area contributed by atoms with Gasteiger partial charge in [-0.25, -0.2) is 8.42 Å². The number of carbonyl (C=O) groups excluding carboxylic acids is 1. The summed E-state index contributed by atoms with van der Waals surface area (Å²) in [7, 11) is -4.15. The van der Waals surface area contributed by atoms with Crippen LogP contribution in [0.3, 0.4) is 0 Å². The molecule has 0 aliphatic heterocycles. The Morgan fingerprint density at radius 3 is 2.17 bits per heavy atom. The second-order valence-electron chi connectivity index (χ2n) is 7.72. The van der Waals surface area contributed by atoms with Crippen LogP contribution in [0.1, 0.15) is 19.4 Å². The molecular weight excluding hydrogens is 468 g/mol. The molecule has 0 fully saturated rings. The molecule has 1 amide bonds. The molecule has 1 N–H and O–H groups in total. The van der Waals surface area contributed by atoms with Crippen molar-refractivity contribution >= 4 is 33.0 Å². The monoisotopic (exact) mass is 496 g/mol. The van der Waals surface area contributed by atoms with E-state index in [1.807, 2.05) is 24.3 Å². The highest BCUT2D eigenvalue weighted by Crippen LogP contribution is 2.27. The minimum absolute atomic E-state index is 0.0219. The second-order valence-corrected chi connectivity index (χ2v) is 9.58. The van der Waals surface area contributed by atoms with Crippen molar-refractivity contribution in [3.05, 3.63) is 94.5 Å². The Hall–Kier alpha value is -3.92. The van der Waals surface area contributed by atoms with Gasteiger partial charge in [0.05, 0.1) is 15.5 Å². The molecule has 0 bridgehead atoms. The molecule has 9 nitrogen and oxygen atoms in total. The Balaban J connectivity index is 1.81. The summed E-state index contributed by atoms with van der Waals surface area (Å²) in [6.45, 7) is 5.61. The molecule has 0 aliphatic rings. The van der Waals surface area contributed by atoms with Gasteiger partial charge in [0.1, 0.15) is 6.54 Å². The predicted octanol–water partition coefficient (Wildman–Crippen LogP) is 3.95. The topological polar surface area (TPSA) is 113 Å². The zero-order valence-corrected chi connectivity index (χ0v) is 20.4. The van der Waals surface area contributed by atoms with Crippen LogP contribution in [-0.4, -0.2) is 38.9 Å². The van der Waals surface area contributed by atoms with E-state index in [9.17, 15) is 23.3 Å². The Labute approximate surface area is 205 Å². The summed E-state index contributed by atoms with van der Waals surface area (Å²) >= 11 is 0. The van der Waals surface area contributed by atoms with Crippen LogP contribution < -0.4 is 14.5 Å². The van der Waals surface area contributed by atoms with E-state index in [0.29, 0.717) is 0 Å². The minimum atomic E-state index is -4.15. The number of rotatable bonds is 11. The molecule has 3 rings (SSSR count). The number of nitro benzene ring substituents is 1. The molecule has 0 unspecified atom stereocenters. The van der Waals surface area contributed by atoms with Crippen LogP contribution >= 0.6 is 0 Å². The van der Waals surface area contributed by atoms with Crippen LogP contribution in [0.5, 0.6) is 0 Å². The Bertz CT molecular complexity index is 1260. The average molecular weight is 497 g/mol. The number of anilines is 2. The van der Waals surface area contributed by atoms with E-state index in [4.69, 9.17) is 0 Å². The molecule has 0 spiro atoms. The maximum Gasteiger partial charge on any atom is 0.271 e. The lowest BCUT2D eigenvalue weighted by molar-refractivity contribution is -0.384. The number of hydrogen-bond acceptors (Lipinski definition) is 6.